The predicted molar refractivity (Wildman–Crippen MR) is 90.3 cm³/mol. The fourth-order valence-corrected chi connectivity index (χ4v) is 3.25. The molecule has 1 aliphatic carbocycles. The van der Waals surface area contributed by atoms with Gasteiger partial charge in [-0.2, -0.15) is 0 Å². The first-order valence-corrected chi connectivity index (χ1v) is 8.50. The van der Waals surface area contributed by atoms with Crippen LogP contribution >= 0.6 is 11.6 Å². The van der Waals surface area contributed by atoms with Crippen molar-refractivity contribution in [2.24, 2.45) is 5.92 Å². The highest BCUT2D eigenvalue weighted by molar-refractivity contribution is 6.30. The number of hydrogen-bond acceptors (Lipinski definition) is 3. The average molecular weight is 338 g/mol. The van der Waals surface area contributed by atoms with Crippen molar-refractivity contribution < 1.29 is 14.3 Å². The van der Waals surface area contributed by atoms with Crippen molar-refractivity contribution in [3.8, 4) is 0 Å². The van der Waals surface area contributed by atoms with E-state index in [1.54, 1.807) is 12.1 Å². The molecule has 1 amide bonds. The van der Waals surface area contributed by atoms with Gasteiger partial charge in [0.25, 0.3) is 0 Å². The topological polar surface area (TPSA) is 46.6 Å². The second kappa shape index (κ2) is 8.34. The van der Waals surface area contributed by atoms with E-state index in [4.69, 9.17) is 16.3 Å². The van der Waals surface area contributed by atoms with Crippen LogP contribution in [0.5, 0.6) is 0 Å². The minimum absolute atomic E-state index is 0.0648. The van der Waals surface area contributed by atoms with E-state index >= 15 is 0 Å². The van der Waals surface area contributed by atoms with E-state index in [0.29, 0.717) is 18.0 Å². The normalized spacial score (nSPS) is 16.1. The maximum Gasteiger partial charge on any atom is 0.310 e. The predicted octanol–water partition coefficient (Wildman–Crippen LogP) is 3.46. The van der Waals surface area contributed by atoms with Gasteiger partial charge in [-0.1, -0.05) is 43.5 Å². The molecule has 1 saturated carbocycles. The summed E-state index contributed by atoms with van der Waals surface area (Å²) in [6.07, 6.45) is 4.64. The molecule has 1 fully saturated rings. The highest BCUT2D eigenvalue weighted by Crippen LogP contribution is 2.25. The van der Waals surface area contributed by atoms with E-state index in [9.17, 15) is 9.59 Å². The minimum Gasteiger partial charge on any atom is -0.469 e. The Morgan fingerprint density at radius 1 is 1.26 bits per heavy atom. The third kappa shape index (κ3) is 4.96. The fraction of sp³-hybridized carbons (Fsp3) is 0.556. The average Bonchev–Trinajstić information content (AvgIpc) is 3.07. The lowest BCUT2D eigenvalue weighted by atomic mass is 10.1. The third-order valence-corrected chi connectivity index (χ3v) is 4.68. The minimum atomic E-state index is -0.310. The Morgan fingerprint density at radius 2 is 1.87 bits per heavy atom. The zero-order valence-electron chi connectivity index (χ0n) is 13.8. The molecule has 0 saturated heterocycles. The van der Waals surface area contributed by atoms with Crippen LogP contribution in [0.25, 0.3) is 0 Å². The van der Waals surface area contributed by atoms with Crippen molar-refractivity contribution in [1.29, 1.82) is 0 Å². The molecule has 1 aromatic carbocycles. The Hall–Kier alpha value is -1.55. The zero-order chi connectivity index (χ0) is 16.8. The molecule has 1 aliphatic rings. The number of nitrogens with zero attached hydrogens (tertiary/aromatic N) is 1. The number of hydrogen-bond donors (Lipinski definition) is 0. The van der Waals surface area contributed by atoms with Gasteiger partial charge in [0.15, 0.2) is 0 Å². The lowest BCUT2D eigenvalue weighted by molar-refractivity contribution is -0.147. The lowest BCUT2D eigenvalue weighted by Gasteiger charge is -2.31. The summed E-state index contributed by atoms with van der Waals surface area (Å²) in [6, 6.07) is 7.57. The molecule has 5 heteroatoms. The number of esters is 1. The van der Waals surface area contributed by atoms with E-state index in [1.165, 1.54) is 7.11 Å². The first-order chi connectivity index (χ1) is 11.0. The second-order valence-electron chi connectivity index (χ2n) is 6.21. The molecule has 0 N–H and O–H groups in total. The standard InChI is InChI=1S/C18H24ClNO3/c1-13(18(22)23-2)12-20(16-5-3-4-6-16)17(21)11-14-7-9-15(19)10-8-14/h7-10,13,16H,3-6,11-12H2,1-2H3. The number of carbonyl (C=O) groups is 2. The molecule has 0 radical (unpaired) electrons. The van der Waals surface area contributed by atoms with E-state index < -0.39 is 0 Å². The molecule has 1 aromatic rings. The molecule has 2 rings (SSSR count). The number of rotatable bonds is 6. The number of benzene rings is 1. The Labute approximate surface area is 142 Å². The van der Waals surface area contributed by atoms with Gasteiger partial charge in [0, 0.05) is 17.6 Å². The van der Waals surface area contributed by atoms with Crippen molar-refractivity contribution in [3.05, 3.63) is 34.9 Å². The molecular weight excluding hydrogens is 314 g/mol. The van der Waals surface area contributed by atoms with Crippen molar-refractivity contribution in [1.82, 2.24) is 4.90 Å². The van der Waals surface area contributed by atoms with Crippen LogP contribution in [0.4, 0.5) is 0 Å². The van der Waals surface area contributed by atoms with Gasteiger partial charge >= 0.3 is 5.97 Å². The number of carbonyl (C=O) groups excluding carboxylic acids is 2. The Morgan fingerprint density at radius 3 is 2.43 bits per heavy atom. The molecule has 1 atom stereocenters. The van der Waals surface area contributed by atoms with Gasteiger partial charge in [0.05, 0.1) is 19.4 Å². The SMILES string of the molecule is COC(=O)C(C)CN(C(=O)Cc1ccc(Cl)cc1)C1CCCC1. The van der Waals surface area contributed by atoms with Gasteiger partial charge in [0.2, 0.25) is 5.91 Å². The molecule has 0 heterocycles. The maximum absolute atomic E-state index is 12.8. The summed E-state index contributed by atoms with van der Waals surface area (Å²) in [4.78, 5) is 26.4. The van der Waals surface area contributed by atoms with Crippen LogP contribution in [-0.4, -0.2) is 36.5 Å². The molecule has 1 unspecified atom stereocenters. The molecule has 0 bridgehead atoms. The summed E-state index contributed by atoms with van der Waals surface area (Å²) >= 11 is 5.89. The van der Waals surface area contributed by atoms with Crippen molar-refractivity contribution in [2.75, 3.05) is 13.7 Å². The highest BCUT2D eigenvalue weighted by atomic mass is 35.5. The third-order valence-electron chi connectivity index (χ3n) is 4.43. The van der Waals surface area contributed by atoms with E-state index in [1.807, 2.05) is 24.0 Å². The zero-order valence-corrected chi connectivity index (χ0v) is 14.5. The van der Waals surface area contributed by atoms with E-state index in [-0.39, 0.29) is 23.8 Å². The van der Waals surface area contributed by atoms with Crippen molar-refractivity contribution in [2.45, 2.75) is 45.1 Å². The Kier molecular flexibility index (Phi) is 6.46. The number of ether oxygens (including phenoxy) is 1. The summed E-state index contributed by atoms with van der Waals surface area (Å²) in [5, 5.41) is 0.660. The van der Waals surface area contributed by atoms with E-state index in [0.717, 1.165) is 31.2 Å². The first-order valence-electron chi connectivity index (χ1n) is 8.13. The highest BCUT2D eigenvalue weighted by Gasteiger charge is 2.29. The molecular formula is C18H24ClNO3. The lowest BCUT2D eigenvalue weighted by Crippen LogP contribution is -2.43. The molecule has 126 valence electrons. The van der Waals surface area contributed by atoms with E-state index in [2.05, 4.69) is 0 Å². The van der Waals surface area contributed by atoms with Gasteiger partial charge in [-0.15, -0.1) is 0 Å². The smallest absolute Gasteiger partial charge is 0.310 e. The summed E-state index contributed by atoms with van der Waals surface area (Å²) in [5.74, 6) is -0.517. The summed E-state index contributed by atoms with van der Waals surface area (Å²) < 4.78 is 4.80. The van der Waals surface area contributed by atoms with Crippen LogP contribution in [0.3, 0.4) is 0 Å². The number of methoxy groups -OCH3 is 1. The molecule has 0 aliphatic heterocycles. The number of amides is 1. The molecule has 4 nitrogen and oxygen atoms in total. The number of halogens is 1. The van der Waals surface area contributed by atoms with Gasteiger partial charge in [0.1, 0.15) is 0 Å². The van der Waals surface area contributed by atoms with Crippen LogP contribution in [0.2, 0.25) is 5.02 Å². The monoisotopic (exact) mass is 337 g/mol. The van der Waals surface area contributed by atoms with Crippen molar-refractivity contribution >= 4 is 23.5 Å². The fourth-order valence-electron chi connectivity index (χ4n) is 3.12. The molecule has 0 aromatic heterocycles. The second-order valence-corrected chi connectivity index (χ2v) is 6.65. The van der Waals surface area contributed by atoms with Crippen LogP contribution in [0, 0.1) is 5.92 Å². The Balaban J connectivity index is 2.07. The van der Waals surface area contributed by atoms with Gasteiger partial charge in [-0.25, -0.2) is 0 Å². The molecule has 0 spiro atoms. The van der Waals surface area contributed by atoms with Crippen LogP contribution in [-0.2, 0) is 20.7 Å². The summed E-state index contributed by atoms with van der Waals surface area (Å²) in [6.45, 7) is 2.23. The van der Waals surface area contributed by atoms with Crippen molar-refractivity contribution in [3.63, 3.8) is 0 Å². The Bertz CT molecular complexity index is 538. The summed E-state index contributed by atoms with van der Waals surface area (Å²) in [7, 11) is 1.38. The molecule has 23 heavy (non-hydrogen) atoms. The largest absolute Gasteiger partial charge is 0.469 e. The van der Waals surface area contributed by atoms with Gasteiger partial charge in [-0.3, -0.25) is 9.59 Å². The van der Waals surface area contributed by atoms with Gasteiger partial charge < -0.3 is 9.64 Å². The maximum atomic E-state index is 12.8. The van der Waals surface area contributed by atoms with Gasteiger partial charge in [-0.05, 0) is 30.5 Å². The van der Waals surface area contributed by atoms with Crippen LogP contribution < -0.4 is 0 Å². The van der Waals surface area contributed by atoms with Crippen LogP contribution in [0.1, 0.15) is 38.2 Å². The summed E-state index contributed by atoms with van der Waals surface area (Å²) in [5.41, 5.74) is 0.938. The first kappa shape index (κ1) is 17.8. The quantitative estimate of drug-likeness (QED) is 0.747. The van der Waals surface area contributed by atoms with Crippen LogP contribution in [0.15, 0.2) is 24.3 Å².